The van der Waals surface area contributed by atoms with Gasteiger partial charge in [0.15, 0.2) is 0 Å². The topological polar surface area (TPSA) is 64.4 Å². The quantitative estimate of drug-likeness (QED) is 0.746. The molecule has 5 nitrogen and oxygen atoms in total. The van der Waals surface area contributed by atoms with E-state index >= 15 is 0 Å². The van der Waals surface area contributed by atoms with E-state index in [4.69, 9.17) is 21.4 Å². The van der Waals surface area contributed by atoms with Gasteiger partial charge in [-0.2, -0.15) is 5.10 Å². The smallest absolute Gasteiger partial charge is 0.308 e. The highest BCUT2D eigenvalue weighted by molar-refractivity contribution is 6.30. The van der Waals surface area contributed by atoms with E-state index in [1.165, 1.54) is 0 Å². The molecule has 128 valence electrons. The largest absolute Gasteiger partial charge is 0.497 e. The molecular formula is C19H17ClN2O3. The molecule has 3 aromatic rings. The average Bonchev–Trinajstić information content (AvgIpc) is 2.90. The van der Waals surface area contributed by atoms with Crippen LogP contribution in [0, 0.1) is 6.92 Å². The molecule has 0 aliphatic carbocycles. The predicted octanol–water partition coefficient (Wildman–Crippen LogP) is 4.14. The first-order valence-corrected chi connectivity index (χ1v) is 8.08. The summed E-state index contributed by atoms with van der Waals surface area (Å²) in [4.78, 5) is 11.0. The summed E-state index contributed by atoms with van der Waals surface area (Å²) >= 11 is 6.33. The van der Waals surface area contributed by atoms with E-state index in [1.807, 2.05) is 48.5 Å². The molecule has 25 heavy (non-hydrogen) atoms. The van der Waals surface area contributed by atoms with Crippen LogP contribution in [-0.2, 0) is 11.2 Å². The molecule has 6 heteroatoms. The summed E-state index contributed by atoms with van der Waals surface area (Å²) in [6.45, 7) is 1.76. The van der Waals surface area contributed by atoms with Crippen LogP contribution in [0.15, 0.2) is 48.5 Å². The fraction of sp³-hybridized carbons (Fsp3) is 0.158. The summed E-state index contributed by atoms with van der Waals surface area (Å²) in [6, 6.07) is 15.5. The number of nitrogens with zero attached hydrogens (tertiary/aromatic N) is 2. The number of rotatable bonds is 5. The third-order valence-electron chi connectivity index (χ3n) is 3.96. The molecule has 0 saturated heterocycles. The monoisotopic (exact) mass is 356 g/mol. The van der Waals surface area contributed by atoms with Crippen molar-refractivity contribution in [2.24, 2.45) is 0 Å². The van der Waals surface area contributed by atoms with Gasteiger partial charge in [-0.15, -0.1) is 0 Å². The molecule has 3 rings (SSSR count). The first-order valence-electron chi connectivity index (χ1n) is 7.70. The lowest BCUT2D eigenvalue weighted by molar-refractivity contribution is -0.136. The maximum absolute atomic E-state index is 11.0. The second-order valence-corrected chi connectivity index (χ2v) is 5.97. The zero-order valence-corrected chi connectivity index (χ0v) is 14.6. The third-order valence-corrected chi connectivity index (χ3v) is 4.35. The molecule has 0 radical (unpaired) electrons. The molecule has 1 aromatic heterocycles. The minimum atomic E-state index is -0.932. The zero-order chi connectivity index (χ0) is 18.0. The van der Waals surface area contributed by atoms with Gasteiger partial charge >= 0.3 is 5.97 Å². The van der Waals surface area contributed by atoms with Crippen LogP contribution in [-0.4, -0.2) is 28.0 Å². The minimum Gasteiger partial charge on any atom is -0.497 e. The fourth-order valence-electron chi connectivity index (χ4n) is 2.65. The number of carbonyl (C=O) groups is 1. The Kier molecular flexibility index (Phi) is 4.76. The zero-order valence-electron chi connectivity index (χ0n) is 13.9. The van der Waals surface area contributed by atoms with E-state index in [2.05, 4.69) is 5.10 Å². The Hall–Kier alpha value is -2.79. The van der Waals surface area contributed by atoms with Gasteiger partial charge in [0.25, 0.3) is 0 Å². The normalized spacial score (nSPS) is 10.7. The Morgan fingerprint density at radius 2 is 1.92 bits per heavy atom. The summed E-state index contributed by atoms with van der Waals surface area (Å²) in [6.07, 6.45) is -0.146. The summed E-state index contributed by atoms with van der Waals surface area (Å²) < 4.78 is 6.81. The number of methoxy groups -OCH3 is 1. The number of carboxylic acids is 1. The van der Waals surface area contributed by atoms with Crippen molar-refractivity contribution in [2.45, 2.75) is 13.3 Å². The number of aryl methyl sites for hydroxylation is 1. The Morgan fingerprint density at radius 1 is 1.20 bits per heavy atom. The van der Waals surface area contributed by atoms with Crippen LogP contribution in [0.3, 0.4) is 0 Å². The van der Waals surface area contributed by atoms with Crippen LogP contribution in [0.25, 0.3) is 16.8 Å². The van der Waals surface area contributed by atoms with Gasteiger partial charge in [0.1, 0.15) is 10.9 Å². The summed E-state index contributed by atoms with van der Waals surface area (Å²) in [5.74, 6) is -0.136. The van der Waals surface area contributed by atoms with Gasteiger partial charge in [-0.05, 0) is 42.3 Å². The number of hydrogen-bond acceptors (Lipinski definition) is 3. The van der Waals surface area contributed by atoms with Gasteiger partial charge < -0.3 is 9.84 Å². The SMILES string of the molecule is COc1cccc(-c2ccc(-n3nc(C)c(CC(=O)O)c3Cl)cc2)c1. The molecule has 0 atom stereocenters. The Labute approximate surface area is 150 Å². The predicted molar refractivity (Wildman–Crippen MR) is 96.6 cm³/mol. The van der Waals surface area contributed by atoms with Crippen LogP contribution >= 0.6 is 11.6 Å². The first-order chi connectivity index (χ1) is 12.0. The summed E-state index contributed by atoms with van der Waals surface area (Å²) in [7, 11) is 1.64. The van der Waals surface area contributed by atoms with E-state index in [0.717, 1.165) is 22.6 Å². The van der Waals surface area contributed by atoms with Crippen molar-refractivity contribution in [3.8, 4) is 22.6 Å². The maximum atomic E-state index is 11.0. The lowest BCUT2D eigenvalue weighted by Gasteiger charge is -2.07. The molecule has 0 spiro atoms. The molecule has 1 heterocycles. The highest BCUT2D eigenvalue weighted by Crippen LogP contribution is 2.27. The molecule has 1 N–H and O–H groups in total. The molecule has 0 saturated carbocycles. The number of ether oxygens (including phenoxy) is 1. The summed E-state index contributed by atoms with van der Waals surface area (Å²) in [5.41, 5.74) is 4.00. The number of aromatic nitrogens is 2. The molecule has 0 amide bonds. The van der Waals surface area contributed by atoms with Crippen molar-refractivity contribution in [1.29, 1.82) is 0 Å². The van der Waals surface area contributed by atoms with Crippen molar-refractivity contribution in [3.05, 3.63) is 64.9 Å². The van der Waals surface area contributed by atoms with Crippen molar-refractivity contribution < 1.29 is 14.6 Å². The van der Waals surface area contributed by atoms with Crippen molar-refractivity contribution >= 4 is 17.6 Å². The van der Waals surface area contributed by atoms with Crippen LogP contribution in [0.2, 0.25) is 5.15 Å². The molecule has 2 aromatic carbocycles. The standard InChI is InChI=1S/C19H17ClN2O3/c1-12-17(11-18(23)24)19(20)22(21-12)15-8-6-13(7-9-15)14-4-3-5-16(10-14)25-2/h3-10H,11H2,1-2H3,(H,23,24). The Morgan fingerprint density at radius 3 is 2.56 bits per heavy atom. The van der Waals surface area contributed by atoms with E-state index in [0.29, 0.717) is 16.4 Å². The lowest BCUT2D eigenvalue weighted by Crippen LogP contribution is -2.01. The molecule has 0 bridgehead atoms. The first kappa shape index (κ1) is 17.0. The van der Waals surface area contributed by atoms with Gasteiger partial charge in [-0.3, -0.25) is 4.79 Å². The minimum absolute atomic E-state index is 0.146. The molecule has 0 fully saturated rings. The van der Waals surface area contributed by atoms with Crippen LogP contribution < -0.4 is 4.74 Å². The van der Waals surface area contributed by atoms with Gasteiger partial charge in [0.05, 0.1) is 24.9 Å². The van der Waals surface area contributed by atoms with Gasteiger partial charge in [0, 0.05) is 5.56 Å². The molecular weight excluding hydrogens is 340 g/mol. The van der Waals surface area contributed by atoms with Crippen molar-refractivity contribution in [1.82, 2.24) is 9.78 Å². The van der Waals surface area contributed by atoms with E-state index in [1.54, 1.807) is 18.7 Å². The Balaban J connectivity index is 1.94. The van der Waals surface area contributed by atoms with Crippen molar-refractivity contribution in [2.75, 3.05) is 7.11 Å². The van der Waals surface area contributed by atoms with Crippen LogP contribution in [0.4, 0.5) is 0 Å². The maximum Gasteiger partial charge on any atom is 0.308 e. The van der Waals surface area contributed by atoms with Crippen LogP contribution in [0.1, 0.15) is 11.3 Å². The van der Waals surface area contributed by atoms with E-state index in [9.17, 15) is 4.79 Å². The average molecular weight is 357 g/mol. The second kappa shape index (κ2) is 6.99. The number of hydrogen-bond donors (Lipinski definition) is 1. The number of halogens is 1. The van der Waals surface area contributed by atoms with Gasteiger partial charge in [0.2, 0.25) is 0 Å². The second-order valence-electron chi connectivity index (χ2n) is 5.62. The third kappa shape index (κ3) is 3.51. The lowest BCUT2D eigenvalue weighted by atomic mass is 10.1. The van der Waals surface area contributed by atoms with Gasteiger partial charge in [-0.25, -0.2) is 4.68 Å². The Bertz CT molecular complexity index is 917. The molecule has 0 unspecified atom stereocenters. The van der Waals surface area contributed by atoms with Gasteiger partial charge in [-0.1, -0.05) is 35.9 Å². The molecule has 0 aliphatic heterocycles. The summed E-state index contributed by atoms with van der Waals surface area (Å²) in [5, 5.41) is 13.7. The van der Waals surface area contributed by atoms with E-state index in [-0.39, 0.29) is 6.42 Å². The number of aliphatic carboxylic acids is 1. The van der Waals surface area contributed by atoms with Crippen molar-refractivity contribution in [3.63, 3.8) is 0 Å². The molecule has 0 aliphatic rings. The highest BCUT2D eigenvalue weighted by atomic mass is 35.5. The number of carboxylic acid groups (broad SMARTS) is 1. The highest BCUT2D eigenvalue weighted by Gasteiger charge is 2.17. The fourth-order valence-corrected chi connectivity index (χ4v) is 2.99. The number of benzene rings is 2. The van der Waals surface area contributed by atoms with Crippen LogP contribution in [0.5, 0.6) is 5.75 Å². The van der Waals surface area contributed by atoms with E-state index < -0.39 is 5.97 Å².